The summed E-state index contributed by atoms with van der Waals surface area (Å²) in [6.07, 6.45) is 2.22. The molecule has 0 saturated heterocycles. The first-order valence-electron chi connectivity index (χ1n) is 7.59. The van der Waals surface area contributed by atoms with Crippen LogP contribution in [0, 0.1) is 11.8 Å². The van der Waals surface area contributed by atoms with Crippen molar-refractivity contribution in [1.29, 1.82) is 0 Å². The van der Waals surface area contributed by atoms with Gasteiger partial charge in [0.15, 0.2) is 0 Å². The maximum Gasteiger partial charge on any atom is 0.337 e. The van der Waals surface area contributed by atoms with Gasteiger partial charge in [-0.2, -0.15) is 0 Å². The molecule has 0 aliphatic rings. The molecule has 0 aliphatic carbocycles. The molecule has 0 atom stereocenters. The Morgan fingerprint density at radius 3 is 2.05 bits per heavy atom. The first-order valence-corrected chi connectivity index (χ1v) is 7.96. The molecule has 21 heavy (non-hydrogen) atoms. The maximum absolute atomic E-state index is 11.0. The quantitative estimate of drug-likeness (QED) is 0.739. The molecule has 1 aromatic carbocycles. The summed E-state index contributed by atoms with van der Waals surface area (Å²) in [4.78, 5) is 13.3. The average Bonchev–Trinajstić information content (AvgIpc) is 2.37. The Morgan fingerprint density at radius 1 is 1.14 bits per heavy atom. The lowest BCUT2D eigenvalue weighted by atomic mass is 10.1. The Balaban J connectivity index is 2.90. The summed E-state index contributed by atoms with van der Waals surface area (Å²) in [5, 5.41) is 9.35. The monoisotopic (exact) mass is 311 g/mol. The van der Waals surface area contributed by atoms with Crippen molar-refractivity contribution < 1.29 is 9.90 Å². The molecule has 0 amide bonds. The molecule has 118 valence electrons. The second kappa shape index (κ2) is 8.28. The number of carbonyl (C=O) groups is 1. The van der Waals surface area contributed by atoms with Gasteiger partial charge in [0.25, 0.3) is 0 Å². The zero-order chi connectivity index (χ0) is 16.0. The number of carboxylic acid groups (broad SMARTS) is 1. The number of hydrogen-bond donors (Lipinski definition) is 1. The third kappa shape index (κ3) is 5.96. The molecule has 3 nitrogen and oxygen atoms in total. The fourth-order valence-electron chi connectivity index (χ4n) is 2.07. The summed E-state index contributed by atoms with van der Waals surface area (Å²) in [6.45, 7) is 10.8. The summed E-state index contributed by atoms with van der Waals surface area (Å²) >= 11 is 6.09. The molecule has 0 radical (unpaired) electrons. The van der Waals surface area contributed by atoms with E-state index >= 15 is 0 Å². The SMILES string of the molecule is CC(C)CCN(CCC(C)C)c1ccc(C(=O)O)c(Cl)c1. The lowest BCUT2D eigenvalue weighted by molar-refractivity contribution is 0.0697. The van der Waals surface area contributed by atoms with Gasteiger partial charge in [0.2, 0.25) is 0 Å². The molecule has 0 heterocycles. The Hall–Kier alpha value is -1.22. The van der Waals surface area contributed by atoms with Crippen LogP contribution in [0.15, 0.2) is 18.2 Å². The van der Waals surface area contributed by atoms with Crippen LogP contribution in [0.1, 0.15) is 50.9 Å². The molecule has 0 fully saturated rings. The highest BCUT2D eigenvalue weighted by atomic mass is 35.5. The van der Waals surface area contributed by atoms with E-state index in [1.807, 2.05) is 6.07 Å². The number of rotatable bonds is 8. The molecule has 1 N–H and O–H groups in total. The third-order valence-corrected chi connectivity index (χ3v) is 3.81. The van der Waals surface area contributed by atoms with Gasteiger partial charge in [0, 0.05) is 18.8 Å². The predicted molar refractivity (Wildman–Crippen MR) is 89.5 cm³/mol. The minimum absolute atomic E-state index is 0.160. The number of nitrogens with zero attached hydrogens (tertiary/aromatic N) is 1. The van der Waals surface area contributed by atoms with E-state index in [1.165, 1.54) is 0 Å². The number of anilines is 1. The molecule has 4 heteroatoms. The highest BCUT2D eigenvalue weighted by Crippen LogP contribution is 2.25. The van der Waals surface area contributed by atoms with Crippen LogP contribution in [-0.2, 0) is 0 Å². The van der Waals surface area contributed by atoms with E-state index in [4.69, 9.17) is 16.7 Å². The first-order chi connectivity index (χ1) is 9.81. The van der Waals surface area contributed by atoms with E-state index in [1.54, 1.807) is 12.1 Å². The topological polar surface area (TPSA) is 40.5 Å². The Labute approximate surface area is 132 Å². The molecule has 0 bridgehead atoms. The van der Waals surface area contributed by atoms with Crippen LogP contribution in [0.3, 0.4) is 0 Å². The van der Waals surface area contributed by atoms with Gasteiger partial charge in [-0.15, -0.1) is 0 Å². The number of aromatic carboxylic acids is 1. The molecule has 0 aliphatic heterocycles. The molecular weight excluding hydrogens is 286 g/mol. The van der Waals surface area contributed by atoms with Crippen molar-refractivity contribution in [3.05, 3.63) is 28.8 Å². The molecule has 0 spiro atoms. The van der Waals surface area contributed by atoms with Gasteiger partial charge in [-0.1, -0.05) is 39.3 Å². The standard InChI is InChI=1S/C17H26ClNO2/c1-12(2)7-9-19(10-8-13(3)4)14-5-6-15(17(20)21)16(18)11-14/h5-6,11-13H,7-10H2,1-4H3,(H,20,21). The third-order valence-electron chi connectivity index (χ3n) is 3.50. The molecule has 0 aromatic heterocycles. The zero-order valence-corrected chi connectivity index (χ0v) is 14.2. The zero-order valence-electron chi connectivity index (χ0n) is 13.4. The fourth-order valence-corrected chi connectivity index (χ4v) is 2.33. The van der Waals surface area contributed by atoms with Crippen LogP contribution in [0.5, 0.6) is 0 Å². The maximum atomic E-state index is 11.0. The number of carboxylic acids is 1. The highest BCUT2D eigenvalue weighted by molar-refractivity contribution is 6.33. The molecule has 1 rings (SSSR count). The Bertz CT molecular complexity index is 460. The van der Waals surface area contributed by atoms with Crippen molar-refractivity contribution in [2.45, 2.75) is 40.5 Å². The Kier molecular flexibility index (Phi) is 7.03. The second-order valence-electron chi connectivity index (χ2n) is 6.32. The highest BCUT2D eigenvalue weighted by Gasteiger charge is 2.13. The first kappa shape index (κ1) is 17.8. The van der Waals surface area contributed by atoms with Gasteiger partial charge >= 0.3 is 5.97 Å². The van der Waals surface area contributed by atoms with E-state index in [2.05, 4.69) is 32.6 Å². The van der Waals surface area contributed by atoms with Gasteiger partial charge in [-0.25, -0.2) is 4.79 Å². The predicted octanol–water partition coefficient (Wildman–Crippen LogP) is 4.94. The van der Waals surface area contributed by atoms with E-state index < -0.39 is 5.97 Å². The second-order valence-corrected chi connectivity index (χ2v) is 6.73. The lowest BCUT2D eigenvalue weighted by Gasteiger charge is -2.27. The number of halogens is 1. The van der Waals surface area contributed by atoms with Crippen molar-refractivity contribution in [3.8, 4) is 0 Å². The van der Waals surface area contributed by atoms with E-state index in [0.29, 0.717) is 16.9 Å². The van der Waals surface area contributed by atoms with Crippen molar-refractivity contribution in [1.82, 2.24) is 0 Å². The normalized spacial score (nSPS) is 11.2. The lowest BCUT2D eigenvalue weighted by Crippen LogP contribution is -2.27. The van der Waals surface area contributed by atoms with E-state index in [9.17, 15) is 4.79 Å². The van der Waals surface area contributed by atoms with Gasteiger partial charge < -0.3 is 10.0 Å². The minimum Gasteiger partial charge on any atom is -0.478 e. The van der Waals surface area contributed by atoms with Crippen LogP contribution >= 0.6 is 11.6 Å². The van der Waals surface area contributed by atoms with Gasteiger partial charge in [-0.3, -0.25) is 0 Å². The van der Waals surface area contributed by atoms with Crippen molar-refractivity contribution in [2.75, 3.05) is 18.0 Å². The Morgan fingerprint density at radius 2 is 1.67 bits per heavy atom. The minimum atomic E-state index is -0.984. The summed E-state index contributed by atoms with van der Waals surface area (Å²) in [5.74, 6) is 0.295. The van der Waals surface area contributed by atoms with Crippen LogP contribution in [0.4, 0.5) is 5.69 Å². The summed E-state index contributed by atoms with van der Waals surface area (Å²) in [7, 11) is 0. The van der Waals surface area contributed by atoms with Crippen molar-refractivity contribution in [3.63, 3.8) is 0 Å². The van der Waals surface area contributed by atoms with Gasteiger partial charge in [0.05, 0.1) is 10.6 Å². The van der Waals surface area contributed by atoms with Crippen molar-refractivity contribution >= 4 is 23.3 Å². The summed E-state index contributed by atoms with van der Waals surface area (Å²) < 4.78 is 0. The van der Waals surface area contributed by atoms with Crippen molar-refractivity contribution in [2.24, 2.45) is 11.8 Å². The molecule has 0 unspecified atom stereocenters. The molecular formula is C17H26ClNO2. The van der Waals surface area contributed by atoms with Crippen LogP contribution in [0.2, 0.25) is 5.02 Å². The largest absolute Gasteiger partial charge is 0.478 e. The number of benzene rings is 1. The summed E-state index contributed by atoms with van der Waals surface area (Å²) in [6, 6.07) is 5.22. The van der Waals surface area contributed by atoms with Gasteiger partial charge in [-0.05, 0) is 42.9 Å². The number of hydrogen-bond acceptors (Lipinski definition) is 2. The fraction of sp³-hybridized carbons (Fsp3) is 0.588. The van der Waals surface area contributed by atoms with Crippen LogP contribution < -0.4 is 4.90 Å². The molecule has 0 saturated carbocycles. The van der Waals surface area contributed by atoms with Gasteiger partial charge in [0.1, 0.15) is 0 Å². The smallest absolute Gasteiger partial charge is 0.337 e. The average molecular weight is 312 g/mol. The molecule has 1 aromatic rings. The van der Waals surface area contributed by atoms with Crippen LogP contribution in [-0.4, -0.2) is 24.2 Å². The van der Waals surface area contributed by atoms with E-state index in [-0.39, 0.29) is 5.56 Å². The van der Waals surface area contributed by atoms with E-state index in [0.717, 1.165) is 31.6 Å². The van der Waals surface area contributed by atoms with Crippen LogP contribution in [0.25, 0.3) is 0 Å². The summed E-state index contributed by atoms with van der Waals surface area (Å²) in [5.41, 5.74) is 1.17.